The van der Waals surface area contributed by atoms with Gasteiger partial charge in [-0.2, -0.15) is 0 Å². The maximum absolute atomic E-state index is 14.4. The highest BCUT2D eigenvalue weighted by Crippen LogP contribution is 2.29. The van der Waals surface area contributed by atoms with Gasteiger partial charge in [0.1, 0.15) is 12.6 Å². The SMILES string of the molecule is Cc1ccc(CN(C(=O)CN(c2cccc3ccccc23)S(C)(=O)=O)[C@@H](Cc2ccccc2)C(=O)NC2CCCC2)cc1. The summed E-state index contributed by atoms with van der Waals surface area (Å²) in [6.07, 6.45) is 5.38. The Balaban J connectivity index is 1.54. The number of rotatable bonds is 11. The topological polar surface area (TPSA) is 86.8 Å². The molecule has 0 saturated heterocycles. The molecule has 0 heterocycles. The van der Waals surface area contributed by atoms with Gasteiger partial charge >= 0.3 is 0 Å². The summed E-state index contributed by atoms with van der Waals surface area (Å²) in [7, 11) is -3.85. The first kappa shape index (κ1) is 30.3. The first-order valence-corrected chi connectivity index (χ1v) is 16.7. The van der Waals surface area contributed by atoms with E-state index in [2.05, 4.69) is 5.32 Å². The summed E-state index contributed by atoms with van der Waals surface area (Å²) >= 11 is 0. The van der Waals surface area contributed by atoms with Gasteiger partial charge < -0.3 is 10.2 Å². The van der Waals surface area contributed by atoms with Crippen molar-refractivity contribution in [1.82, 2.24) is 10.2 Å². The lowest BCUT2D eigenvalue weighted by molar-refractivity contribution is -0.140. The lowest BCUT2D eigenvalue weighted by atomic mass is 10.0. The Morgan fingerprint density at radius 2 is 1.49 bits per heavy atom. The van der Waals surface area contributed by atoms with Crippen LogP contribution >= 0.6 is 0 Å². The third-order valence-electron chi connectivity index (χ3n) is 8.16. The van der Waals surface area contributed by atoms with Gasteiger partial charge in [0.2, 0.25) is 21.8 Å². The molecular weight excluding hydrogens is 558 g/mol. The maximum atomic E-state index is 14.4. The molecule has 8 heteroatoms. The van der Waals surface area contributed by atoms with Gasteiger partial charge in [0.15, 0.2) is 0 Å². The van der Waals surface area contributed by atoms with Gasteiger partial charge in [0, 0.05) is 24.4 Å². The second kappa shape index (κ2) is 13.4. The predicted molar refractivity (Wildman–Crippen MR) is 172 cm³/mol. The molecule has 0 bridgehead atoms. The van der Waals surface area contributed by atoms with Crippen molar-refractivity contribution in [2.45, 2.75) is 57.7 Å². The number of carbonyl (C=O) groups excluding carboxylic acids is 2. The average Bonchev–Trinajstić information content (AvgIpc) is 3.51. The zero-order valence-corrected chi connectivity index (χ0v) is 25.6. The number of nitrogens with one attached hydrogen (secondary N) is 1. The Labute approximate surface area is 254 Å². The molecule has 1 saturated carbocycles. The minimum atomic E-state index is -3.85. The Bertz CT molecular complexity index is 1660. The molecule has 5 rings (SSSR count). The number of nitrogens with zero attached hydrogens (tertiary/aromatic N) is 2. The van der Waals surface area contributed by atoms with Gasteiger partial charge in [0.05, 0.1) is 11.9 Å². The molecule has 1 atom stereocenters. The predicted octanol–water partition coefficient (Wildman–Crippen LogP) is 5.61. The van der Waals surface area contributed by atoms with E-state index >= 15 is 0 Å². The molecule has 0 aliphatic heterocycles. The van der Waals surface area contributed by atoms with Crippen LogP contribution in [0.25, 0.3) is 10.8 Å². The lowest BCUT2D eigenvalue weighted by Crippen LogP contribution is -2.54. The lowest BCUT2D eigenvalue weighted by Gasteiger charge is -2.34. The van der Waals surface area contributed by atoms with Crippen LogP contribution in [0.4, 0.5) is 5.69 Å². The third kappa shape index (κ3) is 7.62. The molecule has 0 aromatic heterocycles. The fourth-order valence-corrected chi connectivity index (χ4v) is 6.69. The van der Waals surface area contributed by atoms with E-state index in [9.17, 15) is 18.0 Å². The zero-order valence-electron chi connectivity index (χ0n) is 24.8. The highest BCUT2D eigenvalue weighted by atomic mass is 32.2. The number of benzene rings is 4. The number of hydrogen-bond acceptors (Lipinski definition) is 4. The van der Waals surface area contributed by atoms with Crippen LogP contribution in [0.5, 0.6) is 0 Å². The smallest absolute Gasteiger partial charge is 0.244 e. The van der Waals surface area contributed by atoms with Gasteiger partial charge in [-0.25, -0.2) is 8.42 Å². The van der Waals surface area contributed by atoms with Crippen LogP contribution in [0, 0.1) is 6.92 Å². The summed E-state index contributed by atoms with van der Waals surface area (Å²) in [6, 6.07) is 29.7. The molecule has 4 aromatic rings. The molecular formula is C35H39N3O4S. The highest BCUT2D eigenvalue weighted by molar-refractivity contribution is 7.92. The molecule has 4 aromatic carbocycles. The van der Waals surface area contributed by atoms with Crippen molar-refractivity contribution in [3.63, 3.8) is 0 Å². The number of fused-ring (bicyclic) bond motifs is 1. The molecule has 1 aliphatic carbocycles. The largest absolute Gasteiger partial charge is 0.352 e. The summed E-state index contributed by atoms with van der Waals surface area (Å²) in [6.45, 7) is 1.73. The Hall–Kier alpha value is -4.17. The molecule has 2 amide bonds. The Morgan fingerprint density at radius 3 is 2.19 bits per heavy atom. The van der Waals surface area contributed by atoms with Crippen molar-refractivity contribution < 1.29 is 18.0 Å². The quantitative estimate of drug-likeness (QED) is 0.243. The van der Waals surface area contributed by atoms with Crippen LogP contribution in [0.2, 0.25) is 0 Å². The minimum absolute atomic E-state index is 0.0744. The first-order valence-electron chi connectivity index (χ1n) is 14.8. The number of carbonyl (C=O) groups is 2. The zero-order chi connectivity index (χ0) is 30.4. The van der Waals surface area contributed by atoms with Crippen LogP contribution in [-0.2, 0) is 32.6 Å². The molecule has 0 spiro atoms. The van der Waals surface area contributed by atoms with Gasteiger partial charge in [0.25, 0.3) is 0 Å². The summed E-state index contributed by atoms with van der Waals surface area (Å²) < 4.78 is 27.6. The van der Waals surface area contributed by atoms with E-state index in [1.54, 1.807) is 17.0 Å². The van der Waals surface area contributed by atoms with Crippen LogP contribution in [0.1, 0.15) is 42.4 Å². The first-order chi connectivity index (χ1) is 20.7. The van der Waals surface area contributed by atoms with Crippen LogP contribution in [-0.4, -0.2) is 50.0 Å². The summed E-state index contributed by atoms with van der Waals surface area (Å²) in [5.74, 6) is -0.659. The van der Waals surface area contributed by atoms with Crippen LogP contribution < -0.4 is 9.62 Å². The molecule has 7 nitrogen and oxygen atoms in total. The van der Waals surface area contributed by atoms with Gasteiger partial charge in [-0.3, -0.25) is 13.9 Å². The Morgan fingerprint density at radius 1 is 0.837 bits per heavy atom. The summed E-state index contributed by atoms with van der Waals surface area (Å²) in [5.41, 5.74) is 3.30. The van der Waals surface area contributed by atoms with Crippen molar-refractivity contribution in [1.29, 1.82) is 0 Å². The third-order valence-corrected chi connectivity index (χ3v) is 9.29. The van der Waals surface area contributed by atoms with Crippen molar-refractivity contribution in [2.75, 3.05) is 17.1 Å². The van der Waals surface area contributed by atoms with Gasteiger partial charge in [-0.1, -0.05) is 109 Å². The van der Waals surface area contributed by atoms with Gasteiger partial charge in [-0.05, 0) is 42.3 Å². The van der Waals surface area contributed by atoms with Crippen LogP contribution in [0.3, 0.4) is 0 Å². The van der Waals surface area contributed by atoms with E-state index in [0.717, 1.165) is 63.7 Å². The molecule has 1 aliphatic rings. The number of sulfonamides is 1. The molecule has 1 N–H and O–H groups in total. The number of aryl methyl sites for hydroxylation is 1. The molecule has 0 unspecified atom stereocenters. The monoisotopic (exact) mass is 597 g/mol. The fourth-order valence-electron chi connectivity index (χ4n) is 5.83. The van der Waals surface area contributed by atoms with Gasteiger partial charge in [-0.15, -0.1) is 0 Å². The molecule has 43 heavy (non-hydrogen) atoms. The summed E-state index contributed by atoms with van der Waals surface area (Å²) in [5, 5.41) is 4.80. The van der Waals surface area contributed by atoms with E-state index < -0.39 is 28.5 Å². The normalized spacial score (nSPS) is 14.4. The maximum Gasteiger partial charge on any atom is 0.244 e. The second-order valence-corrected chi connectivity index (χ2v) is 13.4. The number of amides is 2. The van der Waals surface area contributed by atoms with Crippen molar-refractivity contribution in [2.24, 2.45) is 0 Å². The second-order valence-electron chi connectivity index (χ2n) is 11.5. The molecule has 0 radical (unpaired) electrons. The highest BCUT2D eigenvalue weighted by Gasteiger charge is 2.34. The van der Waals surface area contributed by atoms with Crippen molar-refractivity contribution in [3.05, 3.63) is 114 Å². The van der Waals surface area contributed by atoms with Crippen molar-refractivity contribution >= 4 is 38.3 Å². The van der Waals surface area contributed by atoms with E-state index in [-0.39, 0.29) is 18.5 Å². The Kier molecular flexibility index (Phi) is 9.46. The van der Waals surface area contributed by atoms with Crippen molar-refractivity contribution in [3.8, 4) is 0 Å². The molecule has 224 valence electrons. The average molecular weight is 598 g/mol. The number of anilines is 1. The van der Waals surface area contributed by atoms with E-state index in [0.29, 0.717) is 12.1 Å². The van der Waals surface area contributed by atoms with E-state index in [4.69, 9.17) is 0 Å². The van der Waals surface area contributed by atoms with E-state index in [1.807, 2.05) is 91.9 Å². The van der Waals surface area contributed by atoms with E-state index in [1.165, 1.54) is 0 Å². The van der Waals surface area contributed by atoms with Crippen LogP contribution in [0.15, 0.2) is 97.1 Å². The molecule has 1 fully saturated rings. The summed E-state index contributed by atoms with van der Waals surface area (Å²) in [4.78, 5) is 29.9. The minimum Gasteiger partial charge on any atom is -0.352 e. The fraction of sp³-hybridized carbons (Fsp3) is 0.314. The number of hydrogen-bond donors (Lipinski definition) is 1. The standard InChI is InChI=1S/C35H39N3O4S/c1-26-19-21-28(22-20-26)24-37(33(23-27-11-4-3-5-12-27)35(40)36-30-15-7-8-16-30)34(39)25-38(43(2,41)42)32-18-10-14-29-13-6-9-17-31(29)32/h3-6,9-14,17-22,30,33H,7-8,15-16,23-25H2,1-2H3,(H,36,40)/t33-/m0/s1.